The molecule has 7 heteroatoms. The molecule has 0 saturated heterocycles. The molecule has 2 aromatic heterocycles. The molecule has 0 aliphatic carbocycles. The molecule has 0 spiro atoms. The molecular weight excluding hydrogens is 298 g/mol. The van der Waals surface area contributed by atoms with Gasteiger partial charge in [-0.1, -0.05) is 0 Å². The molecule has 2 heterocycles. The van der Waals surface area contributed by atoms with Crippen molar-refractivity contribution in [2.45, 2.75) is 13.0 Å². The molecule has 0 radical (unpaired) electrons. The van der Waals surface area contributed by atoms with E-state index in [9.17, 15) is 4.79 Å². The van der Waals surface area contributed by atoms with Crippen LogP contribution in [-0.4, -0.2) is 27.7 Å². The number of hydrogen-bond donors (Lipinski definition) is 2. The minimum atomic E-state index is -0.437. The van der Waals surface area contributed by atoms with Crippen molar-refractivity contribution in [3.05, 3.63) is 41.2 Å². The number of nitrogens with zero attached hydrogens (tertiary/aromatic N) is 3. The molecule has 0 saturated carbocycles. The van der Waals surface area contributed by atoms with E-state index in [0.29, 0.717) is 0 Å². The van der Waals surface area contributed by atoms with Gasteiger partial charge in [-0.3, -0.25) is 9.48 Å². The summed E-state index contributed by atoms with van der Waals surface area (Å²) in [6.07, 6.45) is 3.52. The summed E-state index contributed by atoms with van der Waals surface area (Å²) in [6, 6.07) is 5.31. The van der Waals surface area contributed by atoms with Crippen LogP contribution in [0.15, 0.2) is 30.6 Å². The zero-order valence-electron chi connectivity index (χ0n) is 12.6. The fourth-order valence-corrected chi connectivity index (χ4v) is 3.24. The Balaban J connectivity index is 1.81. The third-order valence-corrected chi connectivity index (χ3v) is 4.31. The van der Waals surface area contributed by atoms with E-state index in [-0.39, 0.29) is 5.91 Å². The molecule has 3 aromatic rings. The maximum Gasteiger partial charge on any atom is 0.246 e. The van der Waals surface area contributed by atoms with Gasteiger partial charge in [0, 0.05) is 24.5 Å². The Kier molecular flexibility index (Phi) is 3.91. The number of carbonyl (C=O) groups excluding carboxylic acids is 1. The average Bonchev–Trinajstić information content (AvgIpc) is 3.04. The van der Waals surface area contributed by atoms with Gasteiger partial charge in [0.25, 0.3) is 0 Å². The minimum absolute atomic E-state index is 0.115. The Morgan fingerprint density at radius 1 is 1.41 bits per heavy atom. The number of fused-ring (bicyclic) bond motifs is 1. The molecule has 22 heavy (non-hydrogen) atoms. The van der Waals surface area contributed by atoms with Gasteiger partial charge in [-0.05, 0) is 32.2 Å². The first-order chi connectivity index (χ1) is 10.6. The van der Waals surface area contributed by atoms with E-state index in [1.807, 2.05) is 38.4 Å². The second kappa shape index (κ2) is 5.86. The largest absolute Gasteiger partial charge is 0.324 e. The second-order valence-electron chi connectivity index (χ2n) is 5.07. The quantitative estimate of drug-likeness (QED) is 0.774. The number of carbonyl (C=O) groups is 1. The summed E-state index contributed by atoms with van der Waals surface area (Å²) in [7, 11) is 3.58. The highest BCUT2D eigenvalue weighted by molar-refractivity contribution is 7.18. The summed E-state index contributed by atoms with van der Waals surface area (Å²) in [6.45, 7) is 1.97. The van der Waals surface area contributed by atoms with Crippen LogP contribution in [0.4, 0.5) is 5.69 Å². The van der Waals surface area contributed by atoms with E-state index in [4.69, 9.17) is 0 Å². The Morgan fingerprint density at radius 2 is 2.23 bits per heavy atom. The van der Waals surface area contributed by atoms with Gasteiger partial charge in [0.2, 0.25) is 5.91 Å². The molecule has 1 unspecified atom stereocenters. The van der Waals surface area contributed by atoms with Crippen molar-refractivity contribution in [1.29, 1.82) is 0 Å². The van der Waals surface area contributed by atoms with Crippen LogP contribution in [0.1, 0.15) is 16.6 Å². The smallest absolute Gasteiger partial charge is 0.246 e. The van der Waals surface area contributed by atoms with E-state index in [1.165, 1.54) is 0 Å². The molecule has 0 bridgehead atoms. The summed E-state index contributed by atoms with van der Waals surface area (Å²) < 4.78 is 2.75. The second-order valence-corrected chi connectivity index (χ2v) is 6.31. The summed E-state index contributed by atoms with van der Waals surface area (Å²) in [5, 5.41) is 11.1. The molecule has 3 rings (SSSR count). The van der Waals surface area contributed by atoms with Crippen LogP contribution >= 0.6 is 11.3 Å². The molecule has 0 aliphatic rings. The van der Waals surface area contributed by atoms with Crippen molar-refractivity contribution >= 4 is 33.1 Å². The zero-order valence-corrected chi connectivity index (χ0v) is 13.4. The van der Waals surface area contributed by atoms with Gasteiger partial charge in [0.05, 0.1) is 21.4 Å². The molecule has 1 atom stereocenters. The topological polar surface area (TPSA) is 71.8 Å². The van der Waals surface area contributed by atoms with Crippen molar-refractivity contribution < 1.29 is 4.79 Å². The zero-order chi connectivity index (χ0) is 15.7. The monoisotopic (exact) mass is 315 g/mol. The highest BCUT2D eigenvalue weighted by Gasteiger charge is 2.20. The molecule has 2 N–H and O–H groups in total. The number of thiazole rings is 1. The lowest BCUT2D eigenvalue weighted by atomic mass is 10.1. The normalized spacial score (nSPS) is 12.5. The predicted octanol–water partition coefficient (Wildman–Crippen LogP) is 2.24. The van der Waals surface area contributed by atoms with E-state index >= 15 is 0 Å². The Hall–Kier alpha value is -2.25. The van der Waals surface area contributed by atoms with Gasteiger partial charge in [-0.25, -0.2) is 4.98 Å². The lowest BCUT2D eigenvalue weighted by Gasteiger charge is -2.14. The van der Waals surface area contributed by atoms with Crippen LogP contribution in [0.5, 0.6) is 0 Å². The van der Waals surface area contributed by atoms with E-state index in [1.54, 1.807) is 29.3 Å². The first-order valence-corrected chi connectivity index (χ1v) is 7.72. The third kappa shape index (κ3) is 2.86. The van der Waals surface area contributed by atoms with Crippen molar-refractivity contribution in [2.75, 3.05) is 12.4 Å². The standard InChI is InChI=1S/C15H17N5OS/c1-9-18-12-5-4-11(6-13(12)22-9)19-15(21)14(16-2)10-7-17-20(3)8-10/h4-8,14,16H,1-3H3,(H,19,21). The van der Waals surface area contributed by atoms with Crippen molar-refractivity contribution in [2.24, 2.45) is 7.05 Å². The number of aromatic nitrogens is 3. The van der Waals surface area contributed by atoms with Crippen molar-refractivity contribution in [3.63, 3.8) is 0 Å². The summed E-state index contributed by atoms with van der Waals surface area (Å²) >= 11 is 1.62. The minimum Gasteiger partial charge on any atom is -0.324 e. The first-order valence-electron chi connectivity index (χ1n) is 6.90. The summed E-state index contributed by atoms with van der Waals surface area (Å²) in [5.41, 5.74) is 2.56. The Bertz CT molecular complexity index is 822. The number of anilines is 1. The van der Waals surface area contributed by atoms with Crippen LogP contribution in [0.25, 0.3) is 10.2 Å². The van der Waals surface area contributed by atoms with E-state index < -0.39 is 6.04 Å². The Morgan fingerprint density at radius 3 is 2.91 bits per heavy atom. The SMILES string of the molecule is CNC(C(=O)Nc1ccc2nc(C)sc2c1)c1cnn(C)c1. The maximum absolute atomic E-state index is 12.5. The van der Waals surface area contributed by atoms with Crippen molar-refractivity contribution in [3.8, 4) is 0 Å². The lowest BCUT2D eigenvalue weighted by molar-refractivity contribution is -0.118. The molecule has 1 amide bonds. The van der Waals surface area contributed by atoms with Gasteiger partial charge in [0.15, 0.2) is 0 Å². The lowest BCUT2D eigenvalue weighted by Crippen LogP contribution is -2.30. The number of rotatable bonds is 4. The first kappa shape index (κ1) is 14.7. The molecule has 1 aromatic carbocycles. The van der Waals surface area contributed by atoms with Gasteiger partial charge in [-0.2, -0.15) is 5.10 Å². The number of likely N-dealkylation sites (N-methyl/N-ethyl adjacent to an activating group) is 1. The van der Waals surface area contributed by atoms with Crippen LogP contribution in [0, 0.1) is 6.92 Å². The van der Waals surface area contributed by atoms with Crippen molar-refractivity contribution in [1.82, 2.24) is 20.1 Å². The van der Waals surface area contributed by atoms with Crippen LogP contribution in [-0.2, 0) is 11.8 Å². The number of benzene rings is 1. The maximum atomic E-state index is 12.5. The van der Waals surface area contributed by atoms with E-state index in [2.05, 4.69) is 20.7 Å². The van der Waals surface area contributed by atoms with Gasteiger partial charge in [0.1, 0.15) is 6.04 Å². The third-order valence-electron chi connectivity index (χ3n) is 3.37. The number of amides is 1. The summed E-state index contributed by atoms with van der Waals surface area (Å²) in [4.78, 5) is 16.9. The molecular formula is C15H17N5OS. The van der Waals surface area contributed by atoms with Gasteiger partial charge < -0.3 is 10.6 Å². The van der Waals surface area contributed by atoms with Crippen LogP contribution in [0.3, 0.4) is 0 Å². The van der Waals surface area contributed by atoms with Crippen LogP contribution in [0.2, 0.25) is 0 Å². The Labute approximate surface area is 132 Å². The highest BCUT2D eigenvalue weighted by Crippen LogP contribution is 2.25. The van der Waals surface area contributed by atoms with Crippen LogP contribution < -0.4 is 10.6 Å². The number of aryl methyl sites for hydroxylation is 2. The molecule has 114 valence electrons. The number of hydrogen-bond acceptors (Lipinski definition) is 5. The fourth-order valence-electron chi connectivity index (χ4n) is 2.37. The molecule has 0 aliphatic heterocycles. The highest BCUT2D eigenvalue weighted by atomic mass is 32.1. The van der Waals surface area contributed by atoms with Gasteiger partial charge >= 0.3 is 0 Å². The fraction of sp³-hybridized carbons (Fsp3) is 0.267. The predicted molar refractivity (Wildman–Crippen MR) is 88.0 cm³/mol. The summed E-state index contributed by atoms with van der Waals surface area (Å²) in [5.74, 6) is -0.115. The van der Waals surface area contributed by atoms with Gasteiger partial charge in [-0.15, -0.1) is 11.3 Å². The molecule has 0 fully saturated rings. The van der Waals surface area contributed by atoms with E-state index in [0.717, 1.165) is 26.5 Å². The number of nitrogens with one attached hydrogen (secondary N) is 2. The average molecular weight is 315 g/mol. The molecule has 6 nitrogen and oxygen atoms in total.